The van der Waals surface area contributed by atoms with Gasteiger partial charge in [0.2, 0.25) is 0 Å². The van der Waals surface area contributed by atoms with Crippen molar-refractivity contribution in [3.05, 3.63) is 29.8 Å². The van der Waals surface area contributed by atoms with Gasteiger partial charge in [-0.2, -0.15) is 0 Å². The van der Waals surface area contributed by atoms with Gasteiger partial charge in [-0.05, 0) is 24.1 Å². The number of ether oxygens (including phenoxy) is 2. The van der Waals surface area contributed by atoms with Gasteiger partial charge in [0.15, 0.2) is 11.5 Å². The lowest BCUT2D eigenvalue weighted by atomic mass is 10.2. The van der Waals surface area contributed by atoms with Gasteiger partial charge in [-0.3, -0.25) is 0 Å². The maximum atomic E-state index is 5.58. The van der Waals surface area contributed by atoms with Gasteiger partial charge in [-0.15, -0.1) is 11.6 Å². The van der Waals surface area contributed by atoms with Gasteiger partial charge in [-0.25, -0.2) is 0 Å². The third kappa shape index (κ3) is 3.78. The summed E-state index contributed by atoms with van der Waals surface area (Å²) in [7, 11) is 1.64. The number of hydrogen-bond acceptors (Lipinski definition) is 2. The summed E-state index contributed by atoms with van der Waals surface area (Å²) in [6.45, 7) is 2.78. The van der Waals surface area contributed by atoms with Crippen LogP contribution in [0.15, 0.2) is 24.3 Å². The largest absolute Gasteiger partial charge is 0.493 e. The zero-order chi connectivity index (χ0) is 11.8. The van der Waals surface area contributed by atoms with E-state index in [0.29, 0.717) is 12.5 Å². The van der Waals surface area contributed by atoms with Crippen molar-refractivity contribution in [2.45, 2.75) is 13.3 Å². The van der Waals surface area contributed by atoms with E-state index in [4.69, 9.17) is 21.1 Å². The fraction of sp³-hybridized carbons (Fsp3) is 0.385. The smallest absolute Gasteiger partial charge is 0.161 e. The van der Waals surface area contributed by atoms with Crippen molar-refractivity contribution in [1.82, 2.24) is 0 Å². The van der Waals surface area contributed by atoms with Crippen molar-refractivity contribution in [3.63, 3.8) is 0 Å². The molecule has 0 fully saturated rings. The molecule has 1 aromatic rings. The van der Waals surface area contributed by atoms with Crippen molar-refractivity contribution in [3.8, 4) is 11.5 Å². The zero-order valence-corrected chi connectivity index (χ0v) is 10.5. The van der Waals surface area contributed by atoms with E-state index in [2.05, 4.69) is 6.92 Å². The second-order valence-electron chi connectivity index (χ2n) is 3.32. The van der Waals surface area contributed by atoms with Crippen LogP contribution in [-0.2, 0) is 0 Å². The Balaban J connectivity index is 2.83. The van der Waals surface area contributed by atoms with Crippen LogP contribution in [0.2, 0.25) is 0 Å². The predicted molar refractivity (Wildman–Crippen MR) is 68.5 cm³/mol. The molecule has 0 aliphatic rings. The molecule has 1 rings (SSSR count). The van der Waals surface area contributed by atoms with E-state index < -0.39 is 0 Å². The molecule has 16 heavy (non-hydrogen) atoms. The Hall–Kier alpha value is -1.15. The van der Waals surface area contributed by atoms with E-state index in [0.717, 1.165) is 23.5 Å². The minimum absolute atomic E-state index is 0.510. The van der Waals surface area contributed by atoms with Crippen LogP contribution in [0, 0.1) is 0 Å². The molecule has 0 radical (unpaired) electrons. The van der Waals surface area contributed by atoms with Gasteiger partial charge in [-0.1, -0.05) is 25.1 Å². The van der Waals surface area contributed by atoms with E-state index in [-0.39, 0.29) is 0 Å². The normalized spacial score (nSPS) is 10.7. The van der Waals surface area contributed by atoms with Gasteiger partial charge in [0.1, 0.15) is 0 Å². The van der Waals surface area contributed by atoms with Crippen LogP contribution in [0.1, 0.15) is 18.9 Å². The Morgan fingerprint density at radius 3 is 2.75 bits per heavy atom. The molecular formula is C13H17ClO2. The van der Waals surface area contributed by atoms with E-state index >= 15 is 0 Å². The number of benzene rings is 1. The summed E-state index contributed by atoms with van der Waals surface area (Å²) in [6.07, 6.45) is 4.83. The topological polar surface area (TPSA) is 18.5 Å². The first-order chi connectivity index (χ1) is 7.81. The first-order valence-electron chi connectivity index (χ1n) is 5.35. The van der Waals surface area contributed by atoms with Gasteiger partial charge in [0.25, 0.3) is 0 Å². The molecular weight excluding hydrogens is 224 g/mol. The van der Waals surface area contributed by atoms with Crippen LogP contribution in [0.5, 0.6) is 11.5 Å². The van der Waals surface area contributed by atoms with Crippen molar-refractivity contribution in [2.75, 3.05) is 19.6 Å². The SMILES string of the molecule is CCCOc1ccc(C=CCCl)cc1OC. The highest BCUT2D eigenvalue weighted by Gasteiger charge is 2.03. The van der Waals surface area contributed by atoms with Crippen molar-refractivity contribution >= 4 is 17.7 Å². The number of methoxy groups -OCH3 is 1. The summed E-state index contributed by atoms with van der Waals surface area (Å²) in [4.78, 5) is 0. The predicted octanol–water partition coefficient (Wildman–Crippen LogP) is 3.74. The molecule has 0 N–H and O–H groups in total. The number of alkyl halides is 1. The van der Waals surface area contributed by atoms with Crippen molar-refractivity contribution in [1.29, 1.82) is 0 Å². The Bertz CT molecular complexity index is 348. The summed E-state index contributed by atoms with van der Waals surface area (Å²) < 4.78 is 10.8. The Kier molecular flexibility index (Phi) is 5.79. The summed E-state index contributed by atoms with van der Waals surface area (Å²) in [5.74, 6) is 2.05. The third-order valence-electron chi connectivity index (χ3n) is 2.05. The molecule has 0 aliphatic heterocycles. The lowest BCUT2D eigenvalue weighted by Crippen LogP contribution is -1.97. The van der Waals surface area contributed by atoms with E-state index in [9.17, 15) is 0 Å². The van der Waals surface area contributed by atoms with E-state index in [1.807, 2.05) is 30.4 Å². The molecule has 0 heterocycles. The second-order valence-corrected chi connectivity index (χ2v) is 3.62. The molecule has 0 aromatic heterocycles. The fourth-order valence-electron chi connectivity index (χ4n) is 1.30. The Morgan fingerprint density at radius 1 is 1.31 bits per heavy atom. The summed E-state index contributed by atoms with van der Waals surface area (Å²) in [5.41, 5.74) is 1.06. The monoisotopic (exact) mass is 240 g/mol. The summed E-state index contributed by atoms with van der Waals surface area (Å²) in [6, 6.07) is 5.84. The average molecular weight is 241 g/mol. The molecule has 0 bridgehead atoms. The second kappa shape index (κ2) is 7.18. The molecule has 3 heteroatoms. The number of rotatable bonds is 6. The highest BCUT2D eigenvalue weighted by molar-refractivity contribution is 6.19. The van der Waals surface area contributed by atoms with Crippen molar-refractivity contribution < 1.29 is 9.47 Å². The minimum Gasteiger partial charge on any atom is -0.493 e. The lowest BCUT2D eigenvalue weighted by molar-refractivity contribution is 0.294. The van der Waals surface area contributed by atoms with Crippen LogP contribution in [0.25, 0.3) is 6.08 Å². The van der Waals surface area contributed by atoms with Gasteiger partial charge in [0, 0.05) is 5.88 Å². The average Bonchev–Trinajstić information content (AvgIpc) is 2.34. The minimum atomic E-state index is 0.510. The molecule has 88 valence electrons. The fourth-order valence-corrected chi connectivity index (χ4v) is 1.39. The first kappa shape index (κ1) is 12.9. The third-order valence-corrected chi connectivity index (χ3v) is 2.23. The summed E-state index contributed by atoms with van der Waals surface area (Å²) in [5, 5.41) is 0. The van der Waals surface area contributed by atoms with Crippen LogP contribution in [-0.4, -0.2) is 19.6 Å². The molecule has 0 spiro atoms. The van der Waals surface area contributed by atoms with Gasteiger partial charge in [0.05, 0.1) is 13.7 Å². The summed E-state index contributed by atoms with van der Waals surface area (Å²) >= 11 is 5.58. The van der Waals surface area contributed by atoms with Gasteiger partial charge >= 0.3 is 0 Å². The number of hydrogen-bond donors (Lipinski definition) is 0. The molecule has 2 nitrogen and oxygen atoms in total. The first-order valence-corrected chi connectivity index (χ1v) is 5.88. The maximum Gasteiger partial charge on any atom is 0.161 e. The Labute approximate surface area is 102 Å². The quantitative estimate of drug-likeness (QED) is 0.706. The molecule has 0 unspecified atom stereocenters. The Morgan fingerprint density at radius 2 is 2.12 bits per heavy atom. The maximum absolute atomic E-state index is 5.58. The van der Waals surface area contributed by atoms with Crippen LogP contribution < -0.4 is 9.47 Å². The highest BCUT2D eigenvalue weighted by atomic mass is 35.5. The van der Waals surface area contributed by atoms with Gasteiger partial charge < -0.3 is 9.47 Å². The van der Waals surface area contributed by atoms with Crippen LogP contribution in [0.4, 0.5) is 0 Å². The molecule has 0 aliphatic carbocycles. The van der Waals surface area contributed by atoms with E-state index in [1.165, 1.54) is 0 Å². The molecule has 1 aromatic carbocycles. The van der Waals surface area contributed by atoms with Crippen molar-refractivity contribution in [2.24, 2.45) is 0 Å². The van der Waals surface area contributed by atoms with Crippen LogP contribution >= 0.6 is 11.6 Å². The standard InChI is InChI=1S/C13H17ClO2/c1-3-9-16-12-7-6-11(5-4-8-14)10-13(12)15-2/h4-7,10H,3,8-9H2,1-2H3. The number of allylic oxidation sites excluding steroid dienone is 1. The highest BCUT2D eigenvalue weighted by Crippen LogP contribution is 2.28. The lowest BCUT2D eigenvalue weighted by Gasteiger charge is -2.10. The zero-order valence-electron chi connectivity index (χ0n) is 9.70. The van der Waals surface area contributed by atoms with E-state index in [1.54, 1.807) is 7.11 Å². The van der Waals surface area contributed by atoms with Crippen LogP contribution in [0.3, 0.4) is 0 Å². The molecule has 0 saturated heterocycles. The number of halogens is 1. The molecule has 0 amide bonds. The molecule has 0 saturated carbocycles. The molecule has 0 atom stereocenters.